The highest BCUT2D eigenvalue weighted by molar-refractivity contribution is 7.22. The van der Waals surface area contributed by atoms with E-state index in [1.165, 1.54) is 23.6 Å². The number of Topliss-reactive ketones (excluding diaryl/α,β-unsaturated/α-hetero) is 1. The Morgan fingerprint density at radius 2 is 1.94 bits per heavy atom. The number of carbonyl (C=O) groups is 3. The van der Waals surface area contributed by atoms with Gasteiger partial charge < -0.3 is 14.4 Å². The number of para-hydroxylation sites is 1. The van der Waals surface area contributed by atoms with Crippen LogP contribution in [0.15, 0.2) is 52.9 Å². The zero-order valence-corrected chi connectivity index (χ0v) is 20.6. The first kappa shape index (κ1) is 24.4. The minimum Gasteiger partial charge on any atom is -0.494 e. The summed E-state index contributed by atoms with van der Waals surface area (Å²) in [6.45, 7) is 1.55. The van der Waals surface area contributed by atoms with Gasteiger partial charge in [-0.3, -0.25) is 23.7 Å². The molecule has 0 unspecified atom stereocenters. The molecule has 3 aromatic rings. The van der Waals surface area contributed by atoms with Crippen molar-refractivity contribution >= 4 is 50.0 Å². The minimum absolute atomic E-state index is 0.128. The largest absolute Gasteiger partial charge is 0.494 e. The van der Waals surface area contributed by atoms with Crippen molar-refractivity contribution in [3.05, 3.63) is 63.3 Å². The summed E-state index contributed by atoms with van der Waals surface area (Å²) in [5, 5.41) is 0.975. The number of nitrogens with zero attached hydrogens (tertiary/aromatic N) is 2. The van der Waals surface area contributed by atoms with Crippen LogP contribution in [0.5, 0.6) is 5.75 Å². The number of ketones is 1. The number of allylic oxidation sites excluding steroid dienone is 4. The first-order valence-corrected chi connectivity index (χ1v) is 12.1. The Kier molecular flexibility index (Phi) is 7.16. The summed E-state index contributed by atoms with van der Waals surface area (Å²) in [7, 11) is 2.88. The monoisotopic (exact) mass is 494 g/mol. The number of hydrogen-bond acceptors (Lipinski definition) is 7. The van der Waals surface area contributed by atoms with Crippen LogP contribution in [0.2, 0.25) is 0 Å². The maximum atomic E-state index is 13.7. The van der Waals surface area contributed by atoms with Crippen LogP contribution in [0, 0.1) is 0 Å². The molecule has 0 bridgehead atoms. The van der Waals surface area contributed by atoms with Crippen molar-refractivity contribution in [2.24, 2.45) is 0 Å². The fourth-order valence-electron chi connectivity index (χ4n) is 4.14. The molecule has 1 amide bonds. The topological polar surface area (TPSA) is 94.9 Å². The van der Waals surface area contributed by atoms with E-state index in [0.717, 1.165) is 29.6 Å². The summed E-state index contributed by atoms with van der Waals surface area (Å²) in [6.07, 6.45) is 7.30. The Hall–Kier alpha value is -3.72. The van der Waals surface area contributed by atoms with Crippen LogP contribution >= 0.6 is 11.3 Å². The van der Waals surface area contributed by atoms with Crippen LogP contribution in [0.25, 0.3) is 21.0 Å². The standard InChI is InChI=1S/C26H26N2O6S/c1-4-34-20(30)15-27(2)26(32)24-22(33-3)21-23(35-24)17-12-8-9-13-18(17)28(25(21)31)14-19(29)16-10-6-5-7-11-16/h6,8-13H,4-5,7,14-15H2,1-3H3. The van der Waals surface area contributed by atoms with Gasteiger partial charge in [0.1, 0.15) is 16.8 Å². The molecule has 4 rings (SSSR count). The third-order valence-corrected chi connectivity index (χ3v) is 6.99. The molecular formula is C26H26N2O6S. The van der Waals surface area contributed by atoms with Gasteiger partial charge in [0.15, 0.2) is 11.5 Å². The van der Waals surface area contributed by atoms with Crippen LogP contribution in [-0.2, 0) is 20.9 Å². The molecular weight excluding hydrogens is 468 g/mol. The molecule has 0 N–H and O–H groups in total. The van der Waals surface area contributed by atoms with Gasteiger partial charge in [-0.25, -0.2) is 0 Å². The summed E-state index contributed by atoms with van der Waals surface area (Å²) < 4.78 is 12.5. The number of aromatic nitrogens is 1. The van der Waals surface area contributed by atoms with Gasteiger partial charge in [-0.2, -0.15) is 0 Å². The van der Waals surface area contributed by atoms with Crippen molar-refractivity contribution in [2.45, 2.75) is 26.3 Å². The Morgan fingerprint density at radius 3 is 2.63 bits per heavy atom. The Bertz CT molecular complexity index is 1450. The van der Waals surface area contributed by atoms with Crippen molar-refractivity contribution in [1.29, 1.82) is 0 Å². The highest BCUT2D eigenvalue weighted by Gasteiger charge is 2.28. The molecule has 9 heteroatoms. The zero-order valence-electron chi connectivity index (χ0n) is 19.8. The van der Waals surface area contributed by atoms with Crippen LogP contribution in [0.4, 0.5) is 0 Å². The highest BCUT2D eigenvalue weighted by Crippen LogP contribution is 2.40. The van der Waals surface area contributed by atoms with Crippen LogP contribution in [0.1, 0.15) is 29.4 Å². The number of amides is 1. The van der Waals surface area contributed by atoms with Crippen molar-refractivity contribution in [1.82, 2.24) is 9.47 Å². The molecule has 2 aromatic heterocycles. The summed E-state index contributed by atoms with van der Waals surface area (Å²) >= 11 is 1.14. The summed E-state index contributed by atoms with van der Waals surface area (Å²) in [6, 6.07) is 7.28. The summed E-state index contributed by atoms with van der Waals surface area (Å²) in [5.41, 5.74) is 0.773. The van der Waals surface area contributed by atoms with Crippen molar-refractivity contribution in [2.75, 3.05) is 27.3 Å². The number of benzene rings is 1. The van der Waals surface area contributed by atoms with E-state index in [0.29, 0.717) is 15.8 Å². The first-order valence-electron chi connectivity index (χ1n) is 11.3. The molecule has 1 aliphatic rings. The van der Waals surface area contributed by atoms with Gasteiger partial charge in [0, 0.05) is 18.0 Å². The van der Waals surface area contributed by atoms with E-state index in [1.807, 2.05) is 24.3 Å². The first-order chi connectivity index (χ1) is 16.9. The summed E-state index contributed by atoms with van der Waals surface area (Å²) in [5.74, 6) is -1.01. The second-order valence-electron chi connectivity index (χ2n) is 8.11. The molecule has 0 spiro atoms. The molecule has 182 valence electrons. The van der Waals surface area contributed by atoms with Crippen LogP contribution in [0.3, 0.4) is 0 Å². The molecule has 2 heterocycles. The maximum absolute atomic E-state index is 13.7. The lowest BCUT2D eigenvalue weighted by Crippen LogP contribution is -2.32. The van der Waals surface area contributed by atoms with Gasteiger partial charge in [-0.15, -0.1) is 11.3 Å². The Morgan fingerprint density at radius 1 is 1.17 bits per heavy atom. The van der Waals surface area contributed by atoms with Gasteiger partial charge in [-0.05, 0) is 25.8 Å². The number of esters is 1. The van der Waals surface area contributed by atoms with Gasteiger partial charge in [0.25, 0.3) is 11.5 Å². The molecule has 1 aromatic carbocycles. The number of likely N-dealkylation sites (N-methyl/N-ethyl adjacent to an activating group) is 1. The number of methoxy groups -OCH3 is 1. The lowest BCUT2D eigenvalue weighted by Gasteiger charge is -2.15. The molecule has 0 aliphatic heterocycles. The average molecular weight is 495 g/mol. The van der Waals surface area contributed by atoms with Crippen molar-refractivity contribution in [3.63, 3.8) is 0 Å². The lowest BCUT2D eigenvalue weighted by atomic mass is 10.0. The van der Waals surface area contributed by atoms with E-state index in [4.69, 9.17) is 9.47 Å². The molecule has 0 atom stereocenters. The number of rotatable bonds is 8. The molecule has 0 radical (unpaired) electrons. The van der Waals surface area contributed by atoms with E-state index < -0.39 is 17.4 Å². The Balaban J connectivity index is 1.85. The quantitative estimate of drug-likeness (QED) is 0.443. The molecule has 35 heavy (non-hydrogen) atoms. The van der Waals surface area contributed by atoms with Gasteiger partial charge in [0.2, 0.25) is 0 Å². The normalized spacial score (nSPS) is 13.1. The second-order valence-corrected chi connectivity index (χ2v) is 9.13. The number of pyridine rings is 1. The van der Waals surface area contributed by atoms with Crippen LogP contribution < -0.4 is 10.3 Å². The van der Waals surface area contributed by atoms with E-state index in [2.05, 4.69) is 0 Å². The molecule has 0 fully saturated rings. The molecule has 0 saturated heterocycles. The fraction of sp³-hybridized carbons (Fsp3) is 0.308. The molecule has 8 nitrogen and oxygen atoms in total. The number of thiophene rings is 1. The van der Waals surface area contributed by atoms with E-state index in [1.54, 1.807) is 25.1 Å². The van der Waals surface area contributed by atoms with E-state index in [-0.39, 0.29) is 41.5 Å². The van der Waals surface area contributed by atoms with Gasteiger partial charge >= 0.3 is 5.97 Å². The zero-order chi connectivity index (χ0) is 25.1. The van der Waals surface area contributed by atoms with Gasteiger partial charge in [-0.1, -0.05) is 36.4 Å². The number of fused-ring (bicyclic) bond motifs is 3. The van der Waals surface area contributed by atoms with Gasteiger partial charge in [0.05, 0.1) is 30.5 Å². The third kappa shape index (κ3) is 4.64. The minimum atomic E-state index is -0.527. The number of ether oxygens (including phenoxy) is 2. The number of carbonyl (C=O) groups excluding carboxylic acids is 3. The predicted molar refractivity (Wildman–Crippen MR) is 135 cm³/mol. The van der Waals surface area contributed by atoms with E-state index in [9.17, 15) is 19.2 Å². The maximum Gasteiger partial charge on any atom is 0.325 e. The predicted octanol–water partition coefficient (Wildman–Crippen LogP) is 3.71. The van der Waals surface area contributed by atoms with Crippen LogP contribution in [-0.4, -0.2) is 54.4 Å². The highest BCUT2D eigenvalue weighted by atomic mass is 32.1. The third-order valence-electron chi connectivity index (χ3n) is 5.80. The number of hydrogen-bond donors (Lipinski definition) is 0. The van der Waals surface area contributed by atoms with E-state index >= 15 is 0 Å². The summed E-state index contributed by atoms with van der Waals surface area (Å²) in [4.78, 5) is 53.3. The van der Waals surface area contributed by atoms with Crippen molar-refractivity contribution in [3.8, 4) is 5.75 Å². The van der Waals surface area contributed by atoms with Crippen molar-refractivity contribution < 1.29 is 23.9 Å². The Labute approximate surface area is 206 Å². The lowest BCUT2D eigenvalue weighted by molar-refractivity contribution is -0.143. The SMILES string of the molecule is CCOC(=O)CN(C)C(=O)c1sc2c(c1OC)c(=O)n(CC(=O)C1=CCCC=C1)c1ccccc21. The average Bonchev–Trinajstić information content (AvgIpc) is 3.26. The fourth-order valence-corrected chi connectivity index (χ4v) is 5.43. The second kappa shape index (κ2) is 10.3. The smallest absolute Gasteiger partial charge is 0.325 e. The molecule has 1 aliphatic carbocycles. The molecule has 0 saturated carbocycles.